The van der Waals surface area contributed by atoms with Crippen LogP contribution in [0.5, 0.6) is 0 Å². The molecule has 1 aromatic carbocycles. The van der Waals surface area contributed by atoms with Crippen LogP contribution in [0.4, 0.5) is 0 Å². The third kappa shape index (κ3) is 8.18. The summed E-state index contributed by atoms with van der Waals surface area (Å²) in [6.07, 6.45) is 15.7. The number of benzene rings is 1. The molecule has 0 radical (unpaired) electrons. The highest BCUT2D eigenvalue weighted by Gasteiger charge is 2.19. The zero-order valence-corrected chi connectivity index (χ0v) is 23.7. The minimum Gasteiger partial charge on any atom is -0.483 e. The van der Waals surface area contributed by atoms with Gasteiger partial charge in [0.25, 0.3) is 0 Å². The number of methoxy groups -OCH3 is 1. The Morgan fingerprint density at radius 2 is 2.03 bits per heavy atom. The summed E-state index contributed by atoms with van der Waals surface area (Å²) < 4.78 is 10.9. The SMILES string of the molecule is C=C(N/C=C/CCC(C)C1=CC=C(C(=C)C(C)CC#Cc2cc3cc(CCCC)ccc3o2)C(=C)C1)OC. The van der Waals surface area contributed by atoms with Gasteiger partial charge in [0.05, 0.1) is 7.11 Å². The van der Waals surface area contributed by atoms with Crippen molar-refractivity contribution in [1.29, 1.82) is 0 Å². The quantitative estimate of drug-likeness (QED) is 0.216. The molecule has 0 saturated heterocycles. The van der Waals surface area contributed by atoms with E-state index in [2.05, 4.69) is 100 Å². The third-order valence-electron chi connectivity index (χ3n) is 7.23. The van der Waals surface area contributed by atoms with Gasteiger partial charge >= 0.3 is 0 Å². The first-order chi connectivity index (χ1) is 18.3. The lowest BCUT2D eigenvalue weighted by Crippen LogP contribution is -2.09. The van der Waals surface area contributed by atoms with Crippen molar-refractivity contribution in [1.82, 2.24) is 5.32 Å². The first kappa shape index (κ1) is 28.9. The maximum absolute atomic E-state index is 5.95. The average Bonchev–Trinajstić information content (AvgIpc) is 3.32. The number of hydrogen-bond donors (Lipinski definition) is 1. The molecule has 1 heterocycles. The molecule has 2 aromatic rings. The Labute approximate surface area is 229 Å². The lowest BCUT2D eigenvalue weighted by molar-refractivity contribution is 0.274. The number of hydrogen-bond acceptors (Lipinski definition) is 3. The molecular formula is C35H43NO2. The van der Waals surface area contributed by atoms with E-state index in [0.29, 0.717) is 11.8 Å². The van der Waals surface area contributed by atoms with E-state index >= 15 is 0 Å². The van der Waals surface area contributed by atoms with Crippen LogP contribution in [0, 0.1) is 23.7 Å². The predicted molar refractivity (Wildman–Crippen MR) is 161 cm³/mol. The molecule has 0 saturated carbocycles. The van der Waals surface area contributed by atoms with Crippen molar-refractivity contribution in [3.05, 3.63) is 108 Å². The molecule has 0 bridgehead atoms. The Morgan fingerprint density at radius 3 is 2.76 bits per heavy atom. The molecular weight excluding hydrogens is 466 g/mol. The van der Waals surface area contributed by atoms with Gasteiger partial charge in [-0.25, -0.2) is 0 Å². The average molecular weight is 510 g/mol. The van der Waals surface area contributed by atoms with E-state index in [-0.39, 0.29) is 5.92 Å². The summed E-state index contributed by atoms with van der Waals surface area (Å²) in [7, 11) is 1.60. The van der Waals surface area contributed by atoms with Crippen molar-refractivity contribution in [2.75, 3.05) is 7.11 Å². The van der Waals surface area contributed by atoms with Crippen LogP contribution >= 0.6 is 0 Å². The third-order valence-corrected chi connectivity index (χ3v) is 7.23. The maximum Gasteiger partial charge on any atom is 0.182 e. The number of furan rings is 1. The van der Waals surface area contributed by atoms with Crippen molar-refractivity contribution in [2.24, 2.45) is 11.8 Å². The highest BCUT2D eigenvalue weighted by Crippen LogP contribution is 2.35. The highest BCUT2D eigenvalue weighted by molar-refractivity contribution is 5.79. The topological polar surface area (TPSA) is 34.4 Å². The van der Waals surface area contributed by atoms with E-state index in [0.717, 1.165) is 60.0 Å². The molecule has 1 aliphatic carbocycles. The highest BCUT2D eigenvalue weighted by atomic mass is 16.5. The number of allylic oxidation sites excluding steroid dienone is 7. The molecule has 0 aliphatic heterocycles. The van der Waals surface area contributed by atoms with Crippen molar-refractivity contribution < 1.29 is 9.15 Å². The largest absolute Gasteiger partial charge is 0.483 e. The van der Waals surface area contributed by atoms with Crippen LogP contribution in [0.25, 0.3) is 11.0 Å². The standard InChI is InChI=1S/C35H43NO2/c1-8-9-15-30-17-20-35-32(23-30)24-33(38-35)16-12-14-25(2)28(5)34-19-18-31(22-27(34)4)26(3)13-10-11-21-36-29(6)37-7/h11,17-21,23-26,36H,4-6,8-10,13-15,22H2,1-3,7H3/b21-11+. The molecule has 38 heavy (non-hydrogen) atoms. The fourth-order valence-corrected chi connectivity index (χ4v) is 4.58. The van der Waals surface area contributed by atoms with Crippen molar-refractivity contribution >= 4 is 11.0 Å². The van der Waals surface area contributed by atoms with E-state index in [4.69, 9.17) is 9.15 Å². The molecule has 2 unspecified atom stereocenters. The molecule has 200 valence electrons. The van der Waals surface area contributed by atoms with Crippen molar-refractivity contribution in [3.8, 4) is 11.8 Å². The summed E-state index contributed by atoms with van der Waals surface area (Å²) in [5.74, 6) is 8.54. The predicted octanol–water partition coefficient (Wildman–Crippen LogP) is 9.16. The molecule has 3 nitrogen and oxygen atoms in total. The van der Waals surface area contributed by atoms with Gasteiger partial charge in [-0.15, -0.1) is 0 Å². The molecule has 3 rings (SSSR count). The van der Waals surface area contributed by atoms with Gasteiger partial charge in [-0.3, -0.25) is 0 Å². The van der Waals surface area contributed by atoms with Gasteiger partial charge in [-0.2, -0.15) is 0 Å². The minimum absolute atomic E-state index is 0.238. The Kier molecular flexibility index (Phi) is 10.9. The van der Waals surface area contributed by atoms with Crippen molar-refractivity contribution in [2.45, 2.75) is 65.7 Å². The minimum atomic E-state index is 0.238. The molecule has 0 fully saturated rings. The second kappa shape index (κ2) is 14.3. The fraction of sp³-hybridized carbons (Fsp3) is 0.371. The molecule has 0 spiro atoms. The summed E-state index contributed by atoms with van der Waals surface area (Å²) in [6.45, 7) is 19.2. The first-order valence-electron chi connectivity index (χ1n) is 13.8. The van der Waals surface area contributed by atoms with E-state index in [9.17, 15) is 0 Å². The smallest absolute Gasteiger partial charge is 0.182 e. The van der Waals surface area contributed by atoms with Gasteiger partial charge in [-0.05, 0) is 97.1 Å². The van der Waals surface area contributed by atoms with Crippen LogP contribution in [0.2, 0.25) is 0 Å². The summed E-state index contributed by atoms with van der Waals surface area (Å²) in [4.78, 5) is 0. The van der Waals surface area contributed by atoms with E-state index in [1.54, 1.807) is 7.11 Å². The Morgan fingerprint density at radius 1 is 1.21 bits per heavy atom. The van der Waals surface area contributed by atoms with Crippen LogP contribution in [0.1, 0.15) is 70.6 Å². The van der Waals surface area contributed by atoms with E-state index in [1.807, 2.05) is 6.20 Å². The summed E-state index contributed by atoms with van der Waals surface area (Å²) >= 11 is 0. The number of fused-ring (bicyclic) bond motifs is 1. The van der Waals surface area contributed by atoms with Gasteiger partial charge in [-0.1, -0.05) is 76.1 Å². The van der Waals surface area contributed by atoms with Crippen molar-refractivity contribution in [3.63, 3.8) is 0 Å². The van der Waals surface area contributed by atoms with Crippen LogP contribution in [-0.4, -0.2) is 7.11 Å². The number of nitrogens with one attached hydrogen (secondary N) is 1. The number of rotatable bonds is 13. The number of aryl methyl sites for hydroxylation is 1. The van der Waals surface area contributed by atoms with E-state index in [1.165, 1.54) is 29.6 Å². The van der Waals surface area contributed by atoms with Crippen LogP contribution < -0.4 is 5.32 Å². The molecule has 1 aliphatic rings. The van der Waals surface area contributed by atoms with Crippen LogP contribution in [0.3, 0.4) is 0 Å². The Hall–Kier alpha value is -3.64. The molecule has 3 heteroatoms. The van der Waals surface area contributed by atoms with Gasteiger partial charge in [0.1, 0.15) is 5.58 Å². The van der Waals surface area contributed by atoms with Gasteiger partial charge < -0.3 is 14.5 Å². The lowest BCUT2D eigenvalue weighted by atomic mass is 9.80. The molecule has 0 amide bonds. The number of unbranched alkanes of at least 4 members (excludes halogenated alkanes) is 1. The normalized spacial score (nSPS) is 14.9. The summed E-state index contributed by atoms with van der Waals surface area (Å²) in [6, 6.07) is 8.50. The van der Waals surface area contributed by atoms with Gasteiger partial charge in [0, 0.05) is 17.9 Å². The summed E-state index contributed by atoms with van der Waals surface area (Å²) in [5.41, 5.74) is 7.09. The summed E-state index contributed by atoms with van der Waals surface area (Å²) in [5, 5.41) is 4.13. The fourth-order valence-electron chi connectivity index (χ4n) is 4.58. The first-order valence-corrected chi connectivity index (χ1v) is 13.8. The van der Waals surface area contributed by atoms with E-state index < -0.39 is 0 Å². The monoisotopic (exact) mass is 509 g/mol. The maximum atomic E-state index is 5.95. The molecule has 1 aromatic heterocycles. The van der Waals surface area contributed by atoms with Crippen LogP contribution in [0.15, 0.2) is 101 Å². The lowest BCUT2D eigenvalue weighted by Gasteiger charge is -2.25. The second-order valence-electron chi connectivity index (χ2n) is 10.3. The molecule has 2 atom stereocenters. The number of ether oxygens (including phenoxy) is 1. The Balaban J connectivity index is 1.55. The second-order valence-corrected chi connectivity index (χ2v) is 10.3. The zero-order valence-electron chi connectivity index (χ0n) is 23.7. The zero-order chi connectivity index (χ0) is 27.5. The Bertz CT molecular complexity index is 1300. The van der Waals surface area contributed by atoms with Gasteiger partial charge in [0.15, 0.2) is 11.6 Å². The molecule has 1 N–H and O–H groups in total. The van der Waals surface area contributed by atoms with Gasteiger partial charge in [0.2, 0.25) is 0 Å². The van der Waals surface area contributed by atoms with Crippen LogP contribution in [-0.2, 0) is 11.2 Å².